The number of nitrogens with zero attached hydrogens (tertiary/aromatic N) is 4. The number of hydrogen-bond donors (Lipinski definition) is 0. The molecule has 5 nitrogen and oxygen atoms in total. The normalized spacial score (nSPS) is 12.5. The summed E-state index contributed by atoms with van der Waals surface area (Å²) in [5.41, 5.74) is 5.00. The fourth-order valence-electron chi connectivity index (χ4n) is 3.45. The molecule has 0 spiro atoms. The molecule has 3 aromatic heterocycles. The van der Waals surface area contributed by atoms with E-state index in [0.717, 1.165) is 53.1 Å². The van der Waals surface area contributed by atoms with Gasteiger partial charge < -0.3 is 9.30 Å². The van der Waals surface area contributed by atoms with E-state index in [4.69, 9.17) is 9.72 Å². The SMILES string of the molecule is CCCC(C)n1c(CC)nc2c(-c3ccc(OC)nc3C)ccnc21. The van der Waals surface area contributed by atoms with Gasteiger partial charge in [0.1, 0.15) is 11.3 Å². The minimum Gasteiger partial charge on any atom is -0.481 e. The third-order valence-corrected chi connectivity index (χ3v) is 4.68. The first-order valence-electron chi connectivity index (χ1n) is 8.98. The minimum atomic E-state index is 0.391. The molecule has 5 heteroatoms. The molecule has 0 N–H and O–H groups in total. The number of fused-ring (bicyclic) bond motifs is 1. The maximum absolute atomic E-state index is 5.23. The van der Waals surface area contributed by atoms with Crippen molar-refractivity contribution in [3.8, 4) is 17.0 Å². The van der Waals surface area contributed by atoms with Crippen LogP contribution in [0.15, 0.2) is 24.4 Å². The molecule has 1 atom stereocenters. The largest absolute Gasteiger partial charge is 0.481 e. The number of pyridine rings is 2. The Morgan fingerprint density at radius 2 is 1.92 bits per heavy atom. The van der Waals surface area contributed by atoms with Gasteiger partial charge in [0.2, 0.25) is 5.88 Å². The Bertz CT molecular complexity index is 885. The number of hydrogen-bond acceptors (Lipinski definition) is 4. The standard InChI is InChI=1S/C20H26N4O/c1-6-8-13(3)24-17(7-2)23-19-16(11-12-21-20(19)24)15-9-10-18(25-5)22-14(15)4/h9-13H,6-8H2,1-5H3. The van der Waals surface area contributed by atoms with E-state index in [0.29, 0.717) is 11.9 Å². The second-order valence-electron chi connectivity index (χ2n) is 6.41. The Balaban J connectivity index is 2.21. The molecule has 0 aliphatic rings. The van der Waals surface area contributed by atoms with Crippen molar-refractivity contribution in [3.63, 3.8) is 0 Å². The summed E-state index contributed by atoms with van der Waals surface area (Å²) in [6, 6.07) is 6.37. The number of methoxy groups -OCH3 is 1. The molecule has 0 saturated heterocycles. The Morgan fingerprint density at radius 3 is 2.56 bits per heavy atom. The van der Waals surface area contributed by atoms with Gasteiger partial charge in [-0.1, -0.05) is 20.3 Å². The fourth-order valence-corrected chi connectivity index (χ4v) is 3.45. The fraction of sp³-hybridized carbons (Fsp3) is 0.450. The van der Waals surface area contributed by atoms with E-state index in [2.05, 4.69) is 41.4 Å². The molecule has 25 heavy (non-hydrogen) atoms. The van der Waals surface area contributed by atoms with Crippen molar-refractivity contribution in [3.05, 3.63) is 35.9 Å². The van der Waals surface area contributed by atoms with Crippen molar-refractivity contribution in [2.24, 2.45) is 0 Å². The second kappa shape index (κ2) is 7.21. The first-order valence-corrected chi connectivity index (χ1v) is 8.98. The molecule has 1 unspecified atom stereocenters. The third kappa shape index (κ3) is 3.11. The molecule has 0 amide bonds. The molecule has 0 aliphatic heterocycles. The zero-order chi connectivity index (χ0) is 18.0. The predicted molar refractivity (Wildman–Crippen MR) is 101 cm³/mol. The van der Waals surface area contributed by atoms with Gasteiger partial charge >= 0.3 is 0 Å². The molecular weight excluding hydrogens is 312 g/mol. The van der Waals surface area contributed by atoms with Crippen molar-refractivity contribution >= 4 is 11.2 Å². The smallest absolute Gasteiger partial charge is 0.213 e. The van der Waals surface area contributed by atoms with Crippen LogP contribution in [0, 0.1) is 6.92 Å². The monoisotopic (exact) mass is 338 g/mol. The van der Waals surface area contributed by atoms with Crippen molar-refractivity contribution in [2.45, 2.75) is 53.0 Å². The van der Waals surface area contributed by atoms with Gasteiger partial charge in [0.15, 0.2) is 5.65 Å². The molecule has 0 radical (unpaired) electrons. The summed E-state index contributed by atoms with van der Waals surface area (Å²) in [4.78, 5) is 14.1. The molecule has 0 aromatic carbocycles. The van der Waals surface area contributed by atoms with Crippen LogP contribution >= 0.6 is 0 Å². The van der Waals surface area contributed by atoms with Crippen LogP contribution in [0.1, 0.15) is 51.2 Å². The van der Waals surface area contributed by atoms with Gasteiger partial charge in [-0.15, -0.1) is 0 Å². The van der Waals surface area contributed by atoms with Gasteiger partial charge in [-0.25, -0.2) is 15.0 Å². The highest BCUT2D eigenvalue weighted by molar-refractivity contribution is 5.90. The number of ether oxygens (including phenoxy) is 1. The maximum atomic E-state index is 5.23. The second-order valence-corrected chi connectivity index (χ2v) is 6.41. The summed E-state index contributed by atoms with van der Waals surface area (Å²) >= 11 is 0. The van der Waals surface area contributed by atoms with Crippen LogP contribution in [0.25, 0.3) is 22.3 Å². The summed E-state index contributed by atoms with van der Waals surface area (Å²) in [5, 5.41) is 0. The third-order valence-electron chi connectivity index (χ3n) is 4.68. The molecule has 0 fully saturated rings. The van der Waals surface area contributed by atoms with E-state index in [1.54, 1.807) is 7.11 Å². The molecule has 3 heterocycles. The van der Waals surface area contributed by atoms with Gasteiger partial charge in [0.05, 0.1) is 7.11 Å². The first-order chi connectivity index (χ1) is 12.1. The van der Waals surface area contributed by atoms with Crippen molar-refractivity contribution < 1.29 is 4.74 Å². The number of rotatable bonds is 6. The molecule has 0 bridgehead atoms. The number of aromatic nitrogens is 4. The summed E-state index contributed by atoms with van der Waals surface area (Å²) in [6.07, 6.45) is 5.03. The maximum Gasteiger partial charge on any atom is 0.213 e. The zero-order valence-corrected chi connectivity index (χ0v) is 15.7. The molecule has 0 saturated carbocycles. The summed E-state index contributed by atoms with van der Waals surface area (Å²) in [7, 11) is 1.64. The highest BCUT2D eigenvalue weighted by Gasteiger charge is 2.19. The Hall–Kier alpha value is -2.43. The lowest BCUT2D eigenvalue weighted by Crippen LogP contribution is -2.09. The predicted octanol–water partition coefficient (Wildman–Crippen LogP) is 4.73. The van der Waals surface area contributed by atoms with Crippen LogP contribution in [0.5, 0.6) is 5.88 Å². The Kier molecular flexibility index (Phi) is 5.02. The average molecular weight is 338 g/mol. The lowest BCUT2D eigenvalue weighted by atomic mass is 10.0. The van der Waals surface area contributed by atoms with Crippen LogP contribution in [0.4, 0.5) is 0 Å². The van der Waals surface area contributed by atoms with E-state index < -0.39 is 0 Å². The van der Waals surface area contributed by atoms with Crippen molar-refractivity contribution in [2.75, 3.05) is 7.11 Å². The number of imidazole rings is 1. The summed E-state index contributed by atoms with van der Waals surface area (Å²) < 4.78 is 7.53. The summed E-state index contributed by atoms with van der Waals surface area (Å²) in [6.45, 7) is 8.61. The van der Waals surface area contributed by atoms with Crippen molar-refractivity contribution in [1.82, 2.24) is 19.5 Å². The van der Waals surface area contributed by atoms with Crippen LogP contribution in [0.2, 0.25) is 0 Å². The van der Waals surface area contributed by atoms with Gasteiger partial charge in [-0.3, -0.25) is 0 Å². The molecule has 132 valence electrons. The highest BCUT2D eigenvalue weighted by Crippen LogP contribution is 2.32. The highest BCUT2D eigenvalue weighted by atomic mass is 16.5. The van der Waals surface area contributed by atoms with Crippen LogP contribution in [0.3, 0.4) is 0 Å². The summed E-state index contributed by atoms with van der Waals surface area (Å²) in [5.74, 6) is 1.72. The lowest BCUT2D eigenvalue weighted by Gasteiger charge is -2.15. The van der Waals surface area contributed by atoms with Crippen molar-refractivity contribution in [1.29, 1.82) is 0 Å². The molecule has 0 aliphatic carbocycles. The van der Waals surface area contributed by atoms with Gasteiger partial charge in [-0.05, 0) is 32.4 Å². The van der Waals surface area contributed by atoms with Crippen LogP contribution in [-0.4, -0.2) is 26.6 Å². The number of aryl methyl sites for hydroxylation is 2. The van der Waals surface area contributed by atoms with Crippen LogP contribution in [-0.2, 0) is 6.42 Å². The van der Waals surface area contributed by atoms with E-state index in [1.807, 2.05) is 25.3 Å². The lowest BCUT2D eigenvalue weighted by molar-refractivity contribution is 0.397. The van der Waals surface area contributed by atoms with Gasteiger partial charge in [0, 0.05) is 41.5 Å². The van der Waals surface area contributed by atoms with E-state index >= 15 is 0 Å². The Morgan fingerprint density at radius 1 is 1.12 bits per heavy atom. The van der Waals surface area contributed by atoms with E-state index in [-0.39, 0.29) is 0 Å². The zero-order valence-electron chi connectivity index (χ0n) is 15.7. The van der Waals surface area contributed by atoms with E-state index in [1.165, 1.54) is 0 Å². The quantitative estimate of drug-likeness (QED) is 0.652. The minimum absolute atomic E-state index is 0.391. The first kappa shape index (κ1) is 17.4. The van der Waals surface area contributed by atoms with Gasteiger partial charge in [-0.2, -0.15) is 0 Å². The Labute approximate surface area is 149 Å². The topological polar surface area (TPSA) is 52.8 Å². The molecular formula is C20H26N4O. The average Bonchev–Trinajstić information content (AvgIpc) is 3.00. The van der Waals surface area contributed by atoms with Gasteiger partial charge in [0.25, 0.3) is 0 Å². The molecule has 3 rings (SSSR count). The van der Waals surface area contributed by atoms with E-state index in [9.17, 15) is 0 Å². The van der Waals surface area contributed by atoms with Crippen LogP contribution < -0.4 is 4.74 Å². The molecule has 3 aromatic rings.